The second-order valence-electron chi connectivity index (χ2n) is 3.69. The van der Waals surface area contributed by atoms with Gasteiger partial charge in [0.1, 0.15) is 17.9 Å². The van der Waals surface area contributed by atoms with Crippen LogP contribution in [0.15, 0.2) is 10.7 Å². The fourth-order valence-electron chi connectivity index (χ4n) is 1.60. The van der Waals surface area contributed by atoms with E-state index in [0.717, 1.165) is 22.5 Å². The van der Waals surface area contributed by atoms with Gasteiger partial charge in [0.15, 0.2) is 0 Å². The number of anilines is 1. The molecule has 5 nitrogen and oxygen atoms in total. The van der Waals surface area contributed by atoms with Crippen molar-refractivity contribution in [1.82, 2.24) is 9.97 Å². The molecule has 0 saturated heterocycles. The first-order chi connectivity index (χ1) is 7.74. The molecule has 0 amide bonds. The van der Waals surface area contributed by atoms with Gasteiger partial charge in [-0.2, -0.15) is 0 Å². The van der Waals surface area contributed by atoms with E-state index in [0.29, 0.717) is 18.7 Å². The first-order valence-corrected chi connectivity index (χ1v) is 5.29. The van der Waals surface area contributed by atoms with Gasteiger partial charge in [0.2, 0.25) is 5.71 Å². The summed E-state index contributed by atoms with van der Waals surface area (Å²) in [6.45, 7) is 4.76. The van der Waals surface area contributed by atoms with E-state index in [1.165, 1.54) is 6.33 Å². The smallest absolute Gasteiger partial charge is 0.231 e. The molecular weight excluding hydrogens is 206 g/mol. The van der Waals surface area contributed by atoms with E-state index in [-0.39, 0.29) is 6.61 Å². The highest BCUT2D eigenvalue weighted by Gasteiger charge is 2.12. The predicted molar refractivity (Wildman–Crippen MR) is 61.5 cm³/mol. The second-order valence-corrected chi connectivity index (χ2v) is 3.69. The van der Waals surface area contributed by atoms with Crippen molar-refractivity contribution in [3.05, 3.63) is 17.7 Å². The number of hydrogen-bond acceptors (Lipinski definition) is 5. The third kappa shape index (κ3) is 1.86. The van der Waals surface area contributed by atoms with E-state index in [9.17, 15) is 0 Å². The zero-order chi connectivity index (χ0) is 11.5. The number of fused-ring (bicyclic) bond motifs is 1. The van der Waals surface area contributed by atoms with Crippen LogP contribution in [-0.4, -0.2) is 28.2 Å². The van der Waals surface area contributed by atoms with E-state index >= 15 is 0 Å². The Morgan fingerprint density at radius 3 is 2.94 bits per heavy atom. The van der Waals surface area contributed by atoms with Gasteiger partial charge in [0.25, 0.3) is 0 Å². The van der Waals surface area contributed by atoms with Gasteiger partial charge in [0, 0.05) is 18.7 Å². The number of hydrogen-bond donors (Lipinski definition) is 2. The van der Waals surface area contributed by atoms with Gasteiger partial charge in [0.05, 0.1) is 5.39 Å². The number of nitrogens with zero attached hydrogens (tertiary/aromatic N) is 2. The van der Waals surface area contributed by atoms with Crippen LogP contribution < -0.4 is 5.32 Å². The average molecular weight is 221 g/mol. The Morgan fingerprint density at radius 2 is 2.19 bits per heavy atom. The maximum absolute atomic E-state index is 8.72. The van der Waals surface area contributed by atoms with Crippen LogP contribution in [0.4, 0.5) is 5.82 Å². The molecule has 2 aromatic heterocycles. The molecular formula is C11H15N3O2. The molecule has 2 N–H and O–H groups in total. The molecule has 0 saturated carbocycles. The third-order valence-electron chi connectivity index (χ3n) is 2.59. The maximum Gasteiger partial charge on any atom is 0.231 e. The molecule has 0 spiro atoms. The van der Waals surface area contributed by atoms with Crippen molar-refractivity contribution in [3.63, 3.8) is 0 Å². The standard InChI is InChI=1S/C11H15N3O2/c1-7-8(2)16-11-9(7)10(13-6-14-11)12-4-3-5-15/h6,15H,3-5H2,1-2H3,(H,12,13,14). The third-order valence-corrected chi connectivity index (χ3v) is 2.59. The summed E-state index contributed by atoms with van der Waals surface area (Å²) in [5.74, 6) is 1.63. The summed E-state index contributed by atoms with van der Waals surface area (Å²) in [4.78, 5) is 8.27. The summed E-state index contributed by atoms with van der Waals surface area (Å²) >= 11 is 0. The lowest BCUT2D eigenvalue weighted by Gasteiger charge is -2.04. The molecule has 2 aromatic rings. The molecule has 0 unspecified atom stereocenters. The number of nitrogens with one attached hydrogen (secondary N) is 1. The molecule has 0 aliphatic rings. The van der Waals surface area contributed by atoms with Crippen molar-refractivity contribution in [2.75, 3.05) is 18.5 Å². The molecule has 0 bridgehead atoms. The number of aliphatic hydroxyl groups excluding tert-OH is 1. The van der Waals surface area contributed by atoms with E-state index in [4.69, 9.17) is 9.52 Å². The topological polar surface area (TPSA) is 71.2 Å². The van der Waals surface area contributed by atoms with Crippen LogP contribution in [0.2, 0.25) is 0 Å². The van der Waals surface area contributed by atoms with Crippen molar-refractivity contribution >= 4 is 16.9 Å². The fraction of sp³-hybridized carbons (Fsp3) is 0.455. The monoisotopic (exact) mass is 221 g/mol. The van der Waals surface area contributed by atoms with Gasteiger partial charge >= 0.3 is 0 Å². The van der Waals surface area contributed by atoms with E-state index < -0.39 is 0 Å². The minimum atomic E-state index is 0.171. The first kappa shape index (κ1) is 10.9. The molecule has 16 heavy (non-hydrogen) atoms. The lowest BCUT2D eigenvalue weighted by molar-refractivity contribution is 0.292. The predicted octanol–water partition coefficient (Wildman–Crippen LogP) is 1.63. The van der Waals surface area contributed by atoms with Gasteiger partial charge in [-0.05, 0) is 20.3 Å². The van der Waals surface area contributed by atoms with Crippen molar-refractivity contribution < 1.29 is 9.52 Å². The van der Waals surface area contributed by atoms with Crippen LogP contribution >= 0.6 is 0 Å². The van der Waals surface area contributed by atoms with Gasteiger partial charge in [-0.3, -0.25) is 0 Å². The molecule has 0 fully saturated rings. The molecule has 2 rings (SSSR count). The molecule has 2 heterocycles. The van der Waals surface area contributed by atoms with Crippen molar-refractivity contribution in [2.24, 2.45) is 0 Å². The SMILES string of the molecule is Cc1oc2ncnc(NCCCO)c2c1C. The van der Waals surface area contributed by atoms with E-state index in [1.807, 2.05) is 13.8 Å². The molecule has 0 atom stereocenters. The summed E-state index contributed by atoms with van der Waals surface area (Å²) in [6.07, 6.45) is 2.17. The Labute approximate surface area is 93.5 Å². The summed E-state index contributed by atoms with van der Waals surface area (Å²) in [5, 5.41) is 12.8. The Balaban J connectivity index is 2.36. The molecule has 5 heteroatoms. The second kappa shape index (κ2) is 4.49. The highest BCUT2D eigenvalue weighted by Crippen LogP contribution is 2.27. The van der Waals surface area contributed by atoms with Crippen LogP contribution in [0.5, 0.6) is 0 Å². The minimum absolute atomic E-state index is 0.171. The molecule has 0 radical (unpaired) electrons. The van der Waals surface area contributed by atoms with Crippen LogP contribution in [0.1, 0.15) is 17.7 Å². The van der Waals surface area contributed by atoms with Crippen molar-refractivity contribution in [2.45, 2.75) is 20.3 Å². The number of aliphatic hydroxyl groups is 1. The largest absolute Gasteiger partial charge is 0.443 e. The Hall–Kier alpha value is -1.62. The maximum atomic E-state index is 8.72. The summed E-state index contributed by atoms with van der Waals surface area (Å²) in [5.41, 5.74) is 1.67. The van der Waals surface area contributed by atoms with Crippen LogP contribution in [-0.2, 0) is 0 Å². The van der Waals surface area contributed by atoms with Gasteiger partial charge in [-0.1, -0.05) is 0 Å². The fourth-order valence-corrected chi connectivity index (χ4v) is 1.60. The lowest BCUT2D eigenvalue weighted by atomic mass is 10.2. The molecule has 0 aromatic carbocycles. The summed E-state index contributed by atoms with van der Waals surface area (Å²) in [6, 6.07) is 0. The van der Waals surface area contributed by atoms with E-state index in [1.54, 1.807) is 0 Å². The molecule has 86 valence electrons. The average Bonchev–Trinajstić information content (AvgIpc) is 2.56. The van der Waals surface area contributed by atoms with E-state index in [2.05, 4.69) is 15.3 Å². The molecule has 0 aliphatic heterocycles. The Kier molecular flexibility index (Phi) is 3.05. The van der Waals surface area contributed by atoms with Crippen LogP contribution in [0.3, 0.4) is 0 Å². The number of rotatable bonds is 4. The van der Waals surface area contributed by atoms with Crippen LogP contribution in [0, 0.1) is 13.8 Å². The van der Waals surface area contributed by atoms with Gasteiger partial charge in [-0.15, -0.1) is 0 Å². The number of aryl methyl sites for hydroxylation is 2. The van der Waals surface area contributed by atoms with Gasteiger partial charge in [-0.25, -0.2) is 9.97 Å². The van der Waals surface area contributed by atoms with Crippen LogP contribution in [0.25, 0.3) is 11.1 Å². The normalized spacial score (nSPS) is 10.9. The highest BCUT2D eigenvalue weighted by atomic mass is 16.3. The molecule has 0 aliphatic carbocycles. The first-order valence-electron chi connectivity index (χ1n) is 5.29. The number of aromatic nitrogens is 2. The van der Waals surface area contributed by atoms with Gasteiger partial charge < -0.3 is 14.8 Å². The lowest BCUT2D eigenvalue weighted by Crippen LogP contribution is -2.05. The summed E-state index contributed by atoms with van der Waals surface area (Å²) < 4.78 is 5.51. The highest BCUT2D eigenvalue weighted by molar-refractivity contribution is 5.89. The van der Waals surface area contributed by atoms with Crippen molar-refractivity contribution in [1.29, 1.82) is 0 Å². The zero-order valence-corrected chi connectivity index (χ0v) is 9.45. The minimum Gasteiger partial charge on any atom is -0.443 e. The number of furan rings is 1. The Bertz CT molecular complexity index is 493. The Morgan fingerprint density at radius 1 is 1.38 bits per heavy atom. The zero-order valence-electron chi connectivity index (χ0n) is 9.45. The quantitative estimate of drug-likeness (QED) is 0.768. The van der Waals surface area contributed by atoms with Crippen molar-refractivity contribution in [3.8, 4) is 0 Å². The summed E-state index contributed by atoms with van der Waals surface area (Å²) in [7, 11) is 0.